The van der Waals surface area contributed by atoms with E-state index < -0.39 is 0 Å². The van der Waals surface area contributed by atoms with E-state index in [4.69, 9.17) is 12.2 Å². The van der Waals surface area contributed by atoms with Gasteiger partial charge < -0.3 is 4.90 Å². The van der Waals surface area contributed by atoms with Gasteiger partial charge in [-0.15, -0.1) is 0 Å². The molecule has 0 bridgehead atoms. The number of pyridine rings is 1. The molecule has 0 spiro atoms. The number of carbonyl (C=O) groups is 1. The van der Waals surface area contributed by atoms with E-state index in [-0.39, 0.29) is 23.1 Å². The summed E-state index contributed by atoms with van der Waals surface area (Å²) in [6.07, 6.45) is 8.24. The molecule has 0 N–H and O–H groups in total. The summed E-state index contributed by atoms with van der Waals surface area (Å²) in [5.74, 6) is 1.43. The van der Waals surface area contributed by atoms with Crippen LogP contribution in [0.5, 0.6) is 0 Å². The first-order valence-corrected chi connectivity index (χ1v) is 12.8. The zero-order valence-corrected chi connectivity index (χ0v) is 20.7. The van der Waals surface area contributed by atoms with Crippen molar-refractivity contribution in [1.29, 1.82) is 5.26 Å². The van der Waals surface area contributed by atoms with Crippen molar-refractivity contribution in [2.24, 2.45) is 5.92 Å². The maximum absolute atomic E-state index is 13.3. The summed E-state index contributed by atoms with van der Waals surface area (Å²) < 4.78 is 2.31. The van der Waals surface area contributed by atoms with E-state index >= 15 is 0 Å². The smallest absolute Gasteiger partial charge is 0.270 e. The predicted octanol–water partition coefficient (Wildman–Crippen LogP) is 4.43. The number of aromatic nitrogens is 1. The number of nitriles is 1. The summed E-state index contributed by atoms with van der Waals surface area (Å²) in [5.41, 5.74) is 1.33. The fraction of sp³-hybridized carbons (Fsp3) is 0.583. The van der Waals surface area contributed by atoms with Gasteiger partial charge in [-0.05, 0) is 57.1 Å². The van der Waals surface area contributed by atoms with E-state index in [1.54, 1.807) is 9.47 Å². The van der Waals surface area contributed by atoms with E-state index in [0.29, 0.717) is 27.3 Å². The summed E-state index contributed by atoms with van der Waals surface area (Å²) in [5, 5.41) is 9.72. The molecular formula is C24H30N4O2S2. The highest BCUT2D eigenvalue weighted by Crippen LogP contribution is 2.39. The molecular weight excluding hydrogens is 440 g/mol. The standard InChI is InChI=1S/C24H30N4O2S2/c1-4-27-21(26-11-9-15(2)10-12-26)18(16(3)19(14-25)22(27)29)13-20-23(30)28(24(31)32-20)17-7-5-6-8-17/h13,15,17H,4-12H2,1-3H3/b20-13-. The average molecular weight is 471 g/mol. The lowest BCUT2D eigenvalue weighted by Crippen LogP contribution is -2.39. The fourth-order valence-electron chi connectivity index (χ4n) is 5.09. The van der Waals surface area contributed by atoms with Crippen molar-refractivity contribution < 1.29 is 4.79 Å². The second-order valence-electron chi connectivity index (χ2n) is 9.06. The molecule has 32 heavy (non-hydrogen) atoms. The Labute approximate surface area is 199 Å². The van der Waals surface area contributed by atoms with Crippen LogP contribution in [0.2, 0.25) is 0 Å². The highest BCUT2D eigenvalue weighted by molar-refractivity contribution is 8.26. The third kappa shape index (κ3) is 4.01. The monoisotopic (exact) mass is 470 g/mol. The second kappa shape index (κ2) is 9.40. The summed E-state index contributed by atoms with van der Waals surface area (Å²) in [6.45, 7) is 8.19. The zero-order valence-electron chi connectivity index (χ0n) is 19.0. The Bertz CT molecular complexity index is 1070. The Morgan fingerprint density at radius 2 is 1.84 bits per heavy atom. The molecule has 1 aromatic heterocycles. The van der Waals surface area contributed by atoms with Gasteiger partial charge in [0.1, 0.15) is 21.8 Å². The Morgan fingerprint density at radius 1 is 1.19 bits per heavy atom. The Hall–Kier alpha value is -2.11. The van der Waals surface area contributed by atoms with Gasteiger partial charge in [-0.2, -0.15) is 5.26 Å². The minimum atomic E-state index is -0.253. The quantitative estimate of drug-likeness (QED) is 0.479. The van der Waals surface area contributed by atoms with E-state index in [1.165, 1.54) is 11.8 Å². The Balaban J connectivity index is 1.84. The van der Waals surface area contributed by atoms with Crippen LogP contribution in [0.3, 0.4) is 0 Å². The molecule has 0 aromatic carbocycles. The number of piperidine rings is 1. The van der Waals surface area contributed by atoms with Crippen LogP contribution in [0.25, 0.3) is 6.08 Å². The molecule has 1 aliphatic carbocycles. The van der Waals surface area contributed by atoms with Gasteiger partial charge >= 0.3 is 0 Å². The number of nitrogens with zero attached hydrogens (tertiary/aromatic N) is 4. The van der Waals surface area contributed by atoms with Crippen molar-refractivity contribution in [3.05, 3.63) is 31.9 Å². The van der Waals surface area contributed by atoms with Crippen molar-refractivity contribution in [1.82, 2.24) is 9.47 Å². The Morgan fingerprint density at radius 3 is 2.44 bits per heavy atom. The predicted molar refractivity (Wildman–Crippen MR) is 134 cm³/mol. The highest BCUT2D eigenvalue weighted by atomic mass is 32.2. The molecule has 1 aromatic rings. The van der Waals surface area contributed by atoms with Crippen LogP contribution in [0, 0.1) is 24.2 Å². The molecule has 0 unspecified atom stereocenters. The van der Waals surface area contributed by atoms with Crippen LogP contribution in [0.1, 0.15) is 69.1 Å². The number of rotatable bonds is 4. The first kappa shape index (κ1) is 23.1. The van der Waals surface area contributed by atoms with Crippen molar-refractivity contribution in [3.8, 4) is 6.07 Å². The maximum Gasteiger partial charge on any atom is 0.270 e. The minimum absolute atomic E-state index is 0.0442. The molecule has 3 fully saturated rings. The number of thiocarbonyl (C=S) groups is 1. The second-order valence-corrected chi connectivity index (χ2v) is 10.7. The van der Waals surface area contributed by atoms with Crippen LogP contribution in [-0.4, -0.2) is 38.8 Å². The molecule has 170 valence electrons. The van der Waals surface area contributed by atoms with Crippen LogP contribution in [0.15, 0.2) is 9.70 Å². The van der Waals surface area contributed by atoms with Crippen molar-refractivity contribution in [2.45, 2.75) is 71.9 Å². The third-order valence-corrected chi connectivity index (χ3v) is 8.37. The van der Waals surface area contributed by atoms with Crippen LogP contribution >= 0.6 is 24.0 Å². The van der Waals surface area contributed by atoms with E-state index in [1.807, 2.05) is 19.9 Å². The van der Waals surface area contributed by atoms with E-state index in [2.05, 4.69) is 17.9 Å². The molecule has 4 rings (SSSR count). The van der Waals surface area contributed by atoms with Crippen LogP contribution in [0.4, 0.5) is 5.82 Å². The van der Waals surface area contributed by atoms with Gasteiger partial charge in [0, 0.05) is 31.2 Å². The lowest BCUT2D eigenvalue weighted by atomic mass is 9.97. The van der Waals surface area contributed by atoms with E-state index in [9.17, 15) is 14.9 Å². The number of amides is 1. The molecule has 2 saturated heterocycles. The van der Waals surface area contributed by atoms with Gasteiger partial charge in [-0.25, -0.2) is 0 Å². The first-order chi connectivity index (χ1) is 15.4. The van der Waals surface area contributed by atoms with Crippen molar-refractivity contribution in [3.63, 3.8) is 0 Å². The lowest BCUT2D eigenvalue weighted by molar-refractivity contribution is -0.123. The topological polar surface area (TPSA) is 69.3 Å². The van der Waals surface area contributed by atoms with Gasteiger partial charge in [-0.3, -0.25) is 19.1 Å². The molecule has 1 amide bonds. The van der Waals surface area contributed by atoms with Gasteiger partial charge in [0.25, 0.3) is 11.5 Å². The number of carbonyl (C=O) groups excluding carboxylic acids is 1. The lowest BCUT2D eigenvalue weighted by Gasteiger charge is -2.35. The number of hydrogen-bond acceptors (Lipinski definition) is 6. The highest BCUT2D eigenvalue weighted by Gasteiger charge is 2.38. The summed E-state index contributed by atoms with van der Waals surface area (Å²) in [7, 11) is 0. The number of hydrogen-bond donors (Lipinski definition) is 0. The number of anilines is 1. The van der Waals surface area contributed by atoms with Crippen LogP contribution in [-0.2, 0) is 11.3 Å². The van der Waals surface area contributed by atoms with Gasteiger partial charge in [0.15, 0.2) is 0 Å². The third-order valence-electron chi connectivity index (χ3n) is 7.03. The molecule has 3 aliphatic rings. The summed E-state index contributed by atoms with van der Waals surface area (Å²) in [4.78, 5) is 31.1. The summed E-state index contributed by atoms with van der Waals surface area (Å²) >= 11 is 6.92. The SMILES string of the molecule is CCn1c(N2CCC(C)CC2)c(/C=C2\SC(=S)N(C3CCCC3)C2=O)c(C)c(C#N)c1=O. The molecule has 1 saturated carbocycles. The normalized spacial score (nSPS) is 21.8. The van der Waals surface area contributed by atoms with Gasteiger partial charge in [0.05, 0.1) is 4.91 Å². The van der Waals surface area contributed by atoms with Crippen molar-refractivity contribution in [2.75, 3.05) is 18.0 Å². The molecule has 2 aliphatic heterocycles. The first-order valence-electron chi connectivity index (χ1n) is 11.6. The molecule has 0 radical (unpaired) electrons. The van der Waals surface area contributed by atoms with E-state index in [0.717, 1.165) is 63.0 Å². The molecule has 6 nitrogen and oxygen atoms in total. The minimum Gasteiger partial charge on any atom is -0.357 e. The average Bonchev–Trinajstić information content (AvgIpc) is 3.38. The largest absolute Gasteiger partial charge is 0.357 e. The zero-order chi connectivity index (χ0) is 23.0. The van der Waals surface area contributed by atoms with Gasteiger partial charge in [0.2, 0.25) is 0 Å². The Kier molecular flexibility index (Phi) is 6.78. The van der Waals surface area contributed by atoms with Crippen molar-refractivity contribution >= 4 is 46.1 Å². The molecule has 3 heterocycles. The maximum atomic E-state index is 13.3. The fourth-order valence-corrected chi connectivity index (χ4v) is 6.47. The molecule has 8 heteroatoms. The summed E-state index contributed by atoms with van der Waals surface area (Å²) in [6, 6.07) is 2.30. The van der Waals surface area contributed by atoms with Crippen LogP contribution < -0.4 is 10.5 Å². The number of thioether (sulfide) groups is 1. The molecule has 0 atom stereocenters. The van der Waals surface area contributed by atoms with Gasteiger partial charge in [-0.1, -0.05) is 43.7 Å².